The SMILES string of the molecule is CCC(C)CC(O)(CC)C(CC)C(=O)OC. The molecule has 0 spiro atoms. The molecular weight excluding hydrogens is 204 g/mol. The first kappa shape index (κ1) is 15.4. The number of esters is 1. The van der Waals surface area contributed by atoms with Crippen molar-refractivity contribution in [2.75, 3.05) is 7.11 Å². The van der Waals surface area contributed by atoms with E-state index in [1.54, 1.807) is 0 Å². The van der Waals surface area contributed by atoms with Gasteiger partial charge in [-0.1, -0.05) is 34.1 Å². The van der Waals surface area contributed by atoms with Crippen LogP contribution in [0.3, 0.4) is 0 Å². The fourth-order valence-corrected chi connectivity index (χ4v) is 2.19. The molecule has 0 aliphatic rings. The van der Waals surface area contributed by atoms with Gasteiger partial charge in [0.25, 0.3) is 0 Å². The van der Waals surface area contributed by atoms with E-state index in [1.165, 1.54) is 7.11 Å². The fraction of sp³-hybridized carbons (Fsp3) is 0.923. The summed E-state index contributed by atoms with van der Waals surface area (Å²) in [6.07, 6.45) is 2.88. The summed E-state index contributed by atoms with van der Waals surface area (Å²) in [5.74, 6) is -0.282. The molecule has 0 saturated carbocycles. The highest BCUT2D eigenvalue weighted by atomic mass is 16.5. The molecule has 96 valence electrons. The molecular formula is C13H26O3. The molecule has 3 atom stereocenters. The van der Waals surface area contributed by atoms with Gasteiger partial charge in [-0.2, -0.15) is 0 Å². The van der Waals surface area contributed by atoms with Crippen molar-refractivity contribution in [2.45, 2.75) is 59.0 Å². The van der Waals surface area contributed by atoms with E-state index in [4.69, 9.17) is 4.74 Å². The number of hydrogen-bond acceptors (Lipinski definition) is 3. The van der Waals surface area contributed by atoms with Gasteiger partial charge in [0.05, 0.1) is 18.6 Å². The van der Waals surface area contributed by atoms with Crippen LogP contribution in [0.2, 0.25) is 0 Å². The molecule has 0 saturated heterocycles. The molecule has 0 radical (unpaired) electrons. The number of rotatable bonds is 7. The Kier molecular flexibility index (Phi) is 6.65. The molecule has 3 nitrogen and oxygen atoms in total. The zero-order valence-corrected chi connectivity index (χ0v) is 11.2. The molecule has 0 heterocycles. The van der Waals surface area contributed by atoms with Crippen molar-refractivity contribution in [1.29, 1.82) is 0 Å². The predicted molar refractivity (Wildman–Crippen MR) is 65.1 cm³/mol. The summed E-state index contributed by atoms with van der Waals surface area (Å²) in [6.45, 7) is 8.04. The quantitative estimate of drug-likeness (QED) is 0.684. The van der Waals surface area contributed by atoms with Crippen LogP contribution in [0.1, 0.15) is 53.4 Å². The van der Waals surface area contributed by atoms with Crippen LogP contribution in [-0.4, -0.2) is 23.8 Å². The molecule has 0 rings (SSSR count). The first-order valence-electron chi connectivity index (χ1n) is 6.25. The topological polar surface area (TPSA) is 46.5 Å². The largest absolute Gasteiger partial charge is 0.469 e. The van der Waals surface area contributed by atoms with Crippen molar-refractivity contribution in [3.63, 3.8) is 0 Å². The molecule has 0 amide bonds. The standard InChI is InChI=1S/C13H26O3/c1-6-10(4)9-13(15,8-3)11(7-2)12(14)16-5/h10-11,15H,6-9H2,1-5H3. The number of carbonyl (C=O) groups excluding carboxylic acids is 1. The number of carbonyl (C=O) groups is 1. The molecule has 3 heteroatoms. The Morgan fingerprint density at radius 3 is 2.19 bits per heavy atom. The average molecular weight is 230 g/mol. The van der Waals surface area contributed by atoms with Gasteiger partial charge >= 0.3 is 5.97 Å². The van der Waals surface area contributed by atoms with E-state index in [9.17, 15) is 9.90 Å². The van der Waals surface area contributed by atoms with E-state index in [0.717, 1.165) is 6.42 Å². The Bertz CT molecular complexity index is 215. The molecule has 0 fully saturated rings. The summed E-state index contributed by atoms with van der Waals surface area (Å²) in [7, 11) is 1.38. The molecule has 0 aliphatic carbocycles. The van der Waals surface area contributed by atoms with Gasteiger partial charge in [0.1, 0.15) is 0 Å². The van der Waals surface area contributed by atoms with Crippen LogP contribution in [0.25, 0.3) is 0 Å². The molecule has 0 aromatic carbocycles. The zero-order chi connectivity index (χ0) is 12.8. The summed E-state index contributed by atoms with van der Waals surface area (Å²) < 4.78 is 4.77. The van der Waals surface area contributed by atoms with Gasteiger partial charge in [-0.25, -0.2) is 0 Å². The van der Waals surface area contributed by atoms with E-state index in [-0.39, 0.29) is 5.97 Å². The van der Waals surface area contributed by atoms with Crippen molar-refractivity contribution in [2.24, 2.45) is 11.8 Å². The highest BCUT2D eigenvalue weighted by molar-refractivity contribution is 5.73. The van der Waals surface area contributed by atoms with Crippen molar-refractivity contribution >= 4 is 5.97 Å². The zero-order valence-electron chi connectivity index (χ0n) is 11.2. The van der Waals surface area contributed by atoms with Crippen molar-refractivity contribution < 1.29 is 14.6 Å². The van der Waals surface area contributed by atoms with Crippen LogP contribution in [0.5, 0.6) is 0 Å². The highest BCUT2D eigenvalue weighted by Gasteiger charge is 2.40. The van der Waals surface area contributed by atoms with E-state index >= 15 is 0 Å². The summed E-state index contributed by atoms with van der Waals surface area (Å²) >= 11 is 0. The molecule has 0 aliphatic heterocycles. The lowest BCUT2D eigenvalue weighted by molar-refractivity contribution is -0.158. The minimum Gasteiger partial charge on any atom is -0.469 e. The van der Waals surface area contributed by atoms with Gasteiger partial charge in [-0.15, -0.1) is 0 Å². The molecule has 1 N–H and O–H groups in total. The van der Waals surface area contributed by atoms with Gasteiger partial charge in [0.2, 0.25) is 0 Å². The Morgan fingerprint density at radius 2 is 1.88 bits per heavy atom. The van der Waals surface area contributed by atoms with Gasteiger partial charge in [0.15, 0.2) is 0 Å². The molecule has 0 bridgehead atoms. The Labute approximate surface area is 99.2 Å². The number of ether oxygens (including phenoxy) is 1. The molecule has 0 aromatic rings. The summed E-state index contributed by atoms with van der Waals surface area (Å²) in [4.78, 5) is 11.6. The van der Waals surface area contributed by atoms with E-state index < -0.39 is 11.5 Å². The summed E-state index contributed by atoms with van der Waals surface area (Å²) in [6, 6.07) is 0. The van der Waals surface area contributed by atoms with E-state index in [1.807, 2.05) is 13.8 Å². The number of aliphatic hydroxyl groups is 1. The molecule has 0 aromatic heterocycles. The van der Waals surface area contributed by atoms with Crippen LogP contribution in [-0.2, 0) is 9.53 Å². The normalized spacial score (nSPS) is 18.6. The molecule has 3 unspecified atom stereocenters. The third kappa shape index (κ3) is 3.78. The maximum Gasteiger partial charge on any atom is 0.311 e. The first-order valence-corrected chi connectivity index (χ1v) is 6.25. The van der Waals surface area contributed by atoms with Crippen LogP contribution in [0.15, 0.2) is 0 Å². The Morgan fingerprint density at radius 1 is 1.31 bits per heavy atom. The van der Waals surface area contributed by atoms with Crippen LogP contribution >= 0.6 is 0 Å². The van der Waals surface area contributed by atoms with E-state index in [2.05, 4.69) is 13.8 Å². The fourth-order valence-electron chi connectivity index (χ4n) is 2.19. The van der Waals surface area contributed by atoms with Crippen LogP contribution in [0.4, 0.5) is 0 Å². The number of hydrogen-bond donors (Lipinski definition) is 1. The first-order chi connectivity index (χ1) is 7.45. The summed E-state index contributed by atoms with van der Waals surface area (Å²) in [5.41, 5.74) is -0.919. The second kappa shape index (κ2) is 6.89. The highest BCUT2D eigenvalue weighted by Crippen LogP contribution is 2.32. The van der Waals surface area contributed by atoms with Crippen LogP contribution < -0.4 is 0 Å². The minimum atomic E-state index is -0.919. The monoisotopic (exact) mass is 230 g/mol. The smallest absolute Gasteiger partial charge is 0.311 e. The third-order valence-electron chi connectivity index (χ3n) is 3.55. The van der Waals surface area contributed by atoms with E-state index in [0.29, 0.717) is 25.2 Å². The second-order valence-corrected chi connectivity index (χ2v) is 4.66. The van der Waals surface area contributed by atoms with Gasteiger partial charge in [-0.05, 0) is 25.2 Å². The summed E-state index contributed by atoms with van der Waals surface area (Å²) in [5, 5.41) is 10.6. The lowest BCUT2D eigenvalue weighted by atomic mass is 9.77. The Balaban J connectivity index is 4.81. The van der Waals surface area contributed by atoms with Gasteiger partial charge < -0.3 is 9.84 Å². The average Bonchev–Trinajstić information content (AvgIpc) is 2.29. The lowest BCUT2D eigenvalue weighted by Gasteiger charge is -2.35. The number of methoxy groups -OCH3 is 1. The molecule has 16 heavy (non-hydrogen) atoms. The lowest BCUT2D eigenvalue weighted by Crippen LogP contribution is -2.43. The van der Waals surface area contributed by atoms with Crippen molar-refractivity contribution in [3.05, 3.63) is 0 Å². The maximum absolute atomic E-state index is 11.6. The predicted octanol–water partition coefficient (Wildman–Crippen LogP) is 2.76. The van der Waals surface area contributed by atoms with Gasteiger partial charge in [0, 0.05) is 0 Å². The van der Waals surface area contributed by atoms with Crippen molar-refractivity contribution in [3.8, 4) is 0 Å². The van der Waals surface area contributed by atoms with Crippen LogP contribution in [0, 0.1) is 11.8 Å². The maximum atomic E-state index is 11.6. The van der Waals surface area contributed by atoms with Crippen molar-refractivity contribution in [1.82, 2.24) is 0 Å². The third-order valence-corrected chi connectivity index (χ3v) is 3.55. The van der Waals surface area contributed by atoms with Gasteiger partial charge in [-0.3, -0.25) is 4.79 Å². The Hall–Kier alpha value is -0.570. The second-order valence-electron chi connectivity index (χ2n) is 4.66. The minimum absolute atomic E-state index is 0.296.